The van der Waals surface area contributed by atoms with Crippen LogP contribution >= 0.6 is 0 Å². The van der Waals surface area contributed by atoms with E-state index in [0.29, 0.717) is 24.2 Å². The van der Waals surface area contributed by atoms with Crippen molar-refractivity contribution in [1.29, 1.82) is 0 Å². The molecule has 1 saturated carbocycles. The summed E-state index contributed by atoms with van der Waals surface area (Å²) in [5, 5.41) is 25.9. The normalized spacial score (nSPS) is 23.8. The van der Waals surface area contributed by atoms with Crippen LogP contribution in [0.3, 0.4) is 0 Å². The summed E-state index contributed by atoms with van der Waals surface area (Å²) in [5.41, 5.74) is 5.51. The zero-order valence-corrected chi connectivity index (χ0v) is 23.4. The number of aromatic nitrogens is 2. The fourth-order valence-corrected chi connectivity index (χ4v) is 6.94. The van der Waals surface area contributed by atoms with Gasteiger partial charge in [-0.1, -0.05) is 12.8 Å². The number of hydrogen-bond donors (Lipinski definition) is 4. The van der Waals surface area contributed by atoms with Crippen molar-refractivity contribution in [2.24, 2.45) is 0 Å². The molecule has 4 heterocycles. The summed E-state index contributed by atoms with van der Waals surface area (Å²) in [7, 11) is 0. The second-order valence-corrected chi connectivity index (χ2v) is 11.7. The van der Waals surface area contributed by atoms with Gasteiger partial charge >= 0.3 is 0 Å². The Bertz CT molecular complexity index is 1260. The number of piperazine rings is 1. The molecule has 9 nitrogen and oxygen atoms in total. The van der Waals surface area contributed by atoms with E-state index in [-0.39, 0.29) is 5.91 Å². The first kappa shape index (κ1) is 26.3. The van der Waals surface area contributed by atoms with Crippen LogP contribution < -0.4 is 20.9 Å². The Morgan fingerprint density at radius 1 is 1.05 bits per heavy atom. The molecule has 3 fully saturated rings. The van der Waals surface area contributed by atoms with Crippen molar-refractivity contribution in [3.05, 3.63) is 46.8 Å². The number of hydrogen-bond acceptors (Lipinski definition) is 7. The topological polar surface area (TPSA) is 97.7 Å². The van der Waals surface area contributed by atoms with Crippen LogP contribution in [-0.2, 0) is 0 Å². The third-order valence-electron chi connectivity index (χ3n) is 9.19. The van der Waals surface area contributed by atoms with Gasteiger partial charge in [-0.2, -0.15) is 5.10 Å². The first-order valence-corrected chi connectivity index (χ1v) is 14.8. The summed E-state index contributed by atoms with van der Waals surface area (Å²) in [6.45, 7) is 10.5. The van der Waals surface area contributed by atoms with E-state index in [2.05, 4.69) is 42.6 Å². The number of anilines is 1. The highest BCUT2D eigenvalue weighted by molar-refractivity contribution is 6.07. The summed E-state index contributed by atoms with van der Waals surface area (Å²) < 4.78 is 2.17. The van der Waals surface area contributed by atoms with Crippen molar-refractivity contribution < 1.29 is 9.90 Å². The molecule has 0 radical (unpaired) electrons. The molecule has 39 heavy (non-hydrogen) atoms. The quantitative estimate of drug-likeness (QED) is 0.453. The van der Waals surface area contributed by atoms with Gasteiger partial charge in [0, 0.05) is 61.1 Å². The molecule has 3 aliphatic heterocycles. The summed E-state index contributed by atoms with van der Waals surface area (Å²) in [6, 6.07) is 5.39. The molecule has 2 saturated heterocycles. The van der Waals surface area contributed by atoms with Gasteiger partial charge in [-0.3, -0.25) is 14.4 Å². The minimum absolute atomic E-state index is 0.125. The van der Waals surface area contributed by atoms with Gasteiger partial charge in [0.2, 0.25) is 0 Å². The third-order valence-corrected chi connectivity index (χ3v) is 9.19. The Hall–Kier alpha value is -2.88. The van der Waals surface area contributed by atoms with E-state index < -0.39 is 6.23 Å². The number of benzene rings is 1. The number of aliphatic hydroxyl groups is 1. The molecule has 4 N–H and O–H groups in total. The lowest BCUT2D eigenvalue weighted by atomic mass is 10.0. The van der Waals surface area contributed by atoms with Crippen molar-refractivity contribution in [2.75, 3.05) is 50.7 Å². The number of aliphatic hydroxyl groups excluding tert-OH is 1. The highest BCUT2D eigenvalue weighted by Crippen LogP contribution is 2.35. The van der Waals surface area contributed by atoms with Crippen LogP contribution in [0.4, 0.5) is 5.69 Å². The molecule has 6 rings (SSSR count). The SMILES string of the molecule is CC1=CC(C)=C(CNC(=O)c2cc(N3CCN(C4CCNCC4)CC3)cc3c2cnn3C2CCCC2)C(O)N1. The van der Waals surface area contributed by atoms with Gasteiger partial charge in [0.1, 0.15) is 6.23 Å². The smallest absolute Gasteiger partial charge is 0.252 e. The molecule has 1 aromatic heterocycles. The summed E-state index contributed by atoms with van der Waals surface area (Å²) in [5.74, 6) is -0.125. The van der Waals surface area contributed by atoms with Gasteiger partial charge in [-0.05, 0) is 76.4 Å². The molecular weight excluding hydrogens is 490 g/mol. The first-order chi connectivity index (χ1) is 19.0. The van der Waals surface area contributed by atoms with E-state index in [1.165, 1.54) is 25.7 Å². The van der Waals surface area contributed by atoms with Crippen LogP contribution in [-0.4, -0.2) is 83.8 Å². The molecule has 1 amide bonds. The van der Waals surface area contributed by atoms with Gasteiger partial charge < -0.3 is 26.0 Å². The minimum atomic E-state index is -0.789. The van der Waals surface area contributed by atoms with Gasteiger partial charge in [-0.15, -0.1) is 0 Å². The van der Waals surface area contributed by atoms with Crippen LogP contribution in [0.15, 0.2) is 41.2 Å². The van der Waals surface area contributed by atoms with Crippen LogP contribution in [0, 0.1) is 0 Å². The monoisotopic (exact) mass is 533 g/mol. The zero-order valence-electron chi connectivity index (χ0n) is 23.4. The molecule has 9 heteroatoms. The van der Waals surface area contributed by atoms with Crippen LogP contribution in [0.25, 0.3) is 10.9 Å². The van der Waals surface area contributed by atoms with E-state index in [4.69, 9.17) is 5.10 Å². The third kappa shape index (κ3) is 5.44. The summed E-state index contributed by atoms with van der Waals surface area (Å²) in [4.78, 5) is 18.8. The molecular formula is C30H43N7O2. The van der Waals surface area contributed by atoms with Crippen molar-refractivity contribution in [1.82, 2.24) is 30.6 Å². The number of fused-ring (bicyclic) bond motifs is 1. The summed E-state index contributed by atoms with van der Waals surface area (Å²) >= 11 is 0. The van der Waals surface area contributed by atoms with Gasteiger partial charge in [0.15, 0.2) is 0 Å². The average molecular weight is 534 g/mol. The molecule has 1 aromatic carbocycles. The number of carbonyl (C=O) groups excluding carboxylic acids is 1. The van der Waals surface area contributed by atoms with Gasteiger partial charge in [-0.25, -0.2) is 0 Å². The van der Waals surface area contributed by atoms with Gasteiger partial charge in [0.05, 0.1) is 23.3 Å². The number of dihydropyridines is 1. The molecule has 0 bridgehead atoms. The van der Waals surface area contributed by atoms with Crippen molar-refractivity contribution in [3.8, 4) is 0 Å². The Morgan fingerprint density at radius 2 is 1.79 bits per heavy atom. The van der Waals surface area contributed by atoms with E-state index in [1.807, 2.05) is 26.1 Å². The fraction of sp³-hybridized carbons (Fsp3) is 0.600. The number of nitrogens with zero attached hydrogens (tertiary/aromatic N) is 4. The predicted molar refractivity (Wildman–Crippen MR) is 155 cm³/mol. The number of piperidine rings is 1. The van der Waals surface area contributed by atoms with Crippen LogP contribution in [0.1, 0.15) is 68.8 Å². The number of nitrogens with one attached hydrogen (secondary N) is 3. The maximum atomic E-state index is 13.7. The Kier molecular flexibility index (Phi) is 7.64. The number of carbonyl (C=O) groups is 1. The maximum absolute atomic E-state index is 13.7. The molecule has 4 aliphatic rings. The minimum Gasteiger partial charge on any atom is -0.370 e. The zero-order chi connectivity index (χ0) is 26.9. The highest BCUT2D eigenvalue weighted by atomic mass is 16.3. The first-order valence-electron chi connectivity index (χ1n) is 14.8. The van der Waals surface area contributed by atoms with Crippen molar-refractivity contribution in [2.45, 2.75) is 70.7 Å². The molecule has 210 valence electrons. The lowest BCUT2D eigenvalue weighted by Gasteiger charge is -2.41. The molecule has 1 aliphatic carbocycles. The molecule has 0 spiro atoms. The second kappa shape index (κ2) is 11.3. The maximum Gasteiger partial charge on any atom is 0.252 e. The van der Waals surface area contributed by atoms with Crippen LogP contribution in [0.2, 0.25) is 0 Å². The predicted octanol–water partition coefficient (Wildman–Crippen LogP) is 2.90. The molecule has 2 aromatic rings. The van der Waals surface area contributed by atoms with Crippen LogP contribution in [0.5, 0.6) is 0 Å². The Balaban J connectivity index is 1.26. The summed E-state index contributed by atoms with van der Waals surface area (Å²) in [6.07, 6.45) is 10.3. The lowest BCUT2D eigenvalue weighted by Crippen LogP contribution is -2.52. The number of allylic oxidation sites excluding steroid dienone is 3. The largest absolute Gasteiger partial charge is 0.370 e. The van der Waals surface area contributed by atoms with Crippen molar-refractivity contribution >= 4 is 22.5 Å². The lowest BCUT2D eigenvalue weighted by molar-refractivity contribution is 0.0954. The molecule has 1 unspecified atom stereocenters. The fourth-order valence-electron chi connectivity index (χ4n) is 6.94. The van der Waals surface area contributed by atoms with E-state index >= 15 is 0 Å². The standard InChI is InChI=1S/C30H43N7O2/c1-20-15-21(2)34-30(39)26(20)18-32-29(38)25-16-24(17-28-27(25)19-33-37(28)23-5-3-4-6-23)36-13-11-35(12-14-36)22-7-9-31-10-8-22/h15-17,19,22-23,30-31,34,39H,3-14,18H2,1-2H3,(H,32,38). The second-order valence-electron chi connectivity index (χ2n) is 11.7. The Labute approximate surface area is 231 Å². The Morgan fingerprint density at radius 3 is 2.51 bits per heavy atom. The van der Waals surface area contributed by atoms with E-state index in [9.17, 15) is 9.90 Å². The molecule has 1 atom stereocenters. The number of amides is 1. The van der Waals surface area contributed by atoms with E-state index in [1.54, 1.807) is 0 Å². The van der Waals surface area contributed by atoms with E-state index in [0.717, 1.165) is 85.5 Å². The average Bonchev–Trinajstić information content (AvgIpc) is 3.62. The highest BCUT2D eigenvalue weighted by Gasteiger charge is 2.28. The van der Waals surface area contributed by atoms with Gasteiger partial charge in [0.25, 0.3) is 5.91 Å². The number of rotatable bonds is 6. The van der Waals surface area contributed by atoms with Crippen molar-refractivity contribution in [3.63, 3.8) is 0 Å².